The maximum absolute atomic E-state index is 12.1. The highest BCUT2D eigenvalue weighted by Crippen LogP contribution is 2.13. The van der Waals surface area contributed by atoms with Gasteiger partial charge < -0.3 is 14.6 Å². The Labute approximate surface area is 123 Å². The Kier molecular flexibility index (Phi) is 4.77. The molecule has 1 N–H and O–H groups in total. The molecule has 21 heavy (non-hydrogen) atoms. The van der Waals surface area contributed by atoms with Gasteiger partial charge in [-0.3, -0.25) is 9.59 Å². The van der Waals surface area contributed by atoms with E-state index in [9.17, 15) is 9.59 Å². The summed E-state index contributed by atoms with van der Waals surface area (Å²) in [6, 6.07) is 11.0. The van der Waals surface area contributed by atoms with Crippen molar-refractivity contribution in [2.45, 2.75) is 20.4 Å². The maximum atomic E-state index is 12.1. The van der Waals surface area contributed by atoms with Crippen LogP contribution in [0.15, 0.2) is 47.1 Å². The molecule has 5 heteroatoms. The van der Waals surface area contributed by atoms with E-state index in [4.69, 9.17) is 4.42 Å². The number of carbonyl (C=O) groups excluding carboxylic acids is 2. The number of nitrogens with one attached hydrogen (secondary N) is 1. The van der Waals surface area contributed by atoms with Crippen molar-refractivity contribution in [3.8, 4) is 0 Å². The van der Waals surface area contributed by atoms with Crippen molar-refractivity contribution in [2.75, 3.05) is 11.9 Å². The number of anilines is 1. The zero-order valence-corrected chi connectivity index (χ0v) is 12.1. The summed E-state index contributed by atoms with van der Waals surface area (Å²) in [5, 5.41) is 2.81. The first kappa shape index (κ1) is 14.8. The molecular weight excluding hydrogens is 268 g/mol. The molecule has 0 radical (unpaired) electrons. The van der Waals surface area contributed by atoms with Crippen LogP contribution >= 0.6 is 0 Å². The lowest BCUT2D eigenvalue weighted by molar-refractivity contribution is -0.133. The summed E-state index contributed by atoms with van der Waals surface area (Å²) >= 11 is 0. The minimum atomic E-state index is -0.231. The lowest BCUT2D eigenvalue weighted by Gasteiger charge is -2.19. The second-order valence-electron chi connectivity index (χ2n) is 4.82. The van der Waals surface area contributed by atoms with Crippen molar-refractivity contribution in [1.29, 1.82) is 0 Å². The number of carbonyl (C=O) groups is 2. The quantitative estimate of drug-likeness (QED) is 0.919. The highest BCUT2D eigenvalue weighted by atomic mass is 16.3. The first-order chi connectivity index (χ1) is 10.1. The molecule has 0 aliphatic rings. The highest BCUT2D eigenvalue weighted by Gasteiger charge is 2.15. The van der Waals surface area contributed by atoms with Crippen LogP contribution in [0.1, 0.15) is 18.2 Å². The van der Waals surface area contributed by atoms with Crippen molar-refractivity contribution in [1.82, 2.24) is 4.90 Å². The van der Waals surface area contributed by atoms with Crippen molar-refractivity contribution >= 4 is 17.5 Å². The first-order valence-corrected chi connectivity index (χ1v) is 6.69. The summed E-state index contributed by atoms with van der Waals surface area (Å²) in [5.41, 5.74) is 1.73. The number of benzene rings is 1. The van der Waals surface area contributed by atoms with Gasteiger partial charge >= 0.3 is 0 Å². The van der Waals surface area contributed by atoms with Gasteiger partial charge in [0, 0.05) is 12.6 Å². The van der Waals surface area contributed by atoms with E-state index in [1.807, 2.05) is 31.2 Å². The molecule has 0 fully saturated rings. The maximum Gasteiger partial charge on any atom is 0.244 e. The lowest BCUT2D eigenvalue weighted by Crippen LogP contribution is -2.36. The van der Waals surface area contributed by atoms with Crippen molar-refractivity contribution in [3.63, 3.8) is 0 Å². The summed E-state index contributed by atoms with van der Waals surface area (Å²) in [7, 11) is 0. The molecule has 0 aliphatic carbocycles. The number of hydrogen-bond acceptors (Lipinski definition) is 3. The number of amides is 2. The predicted molar refractivity (Wildman–Crippen MR) is 79.6 cm³/mol. The van der Waals surface area contributed by atoms with Gasteiger partial charge in [0.2, 0.25) is 11.8 Å². The zero-order chi connectivity index (χ0) is 15.2. The van der Waals surface area contributed by atoms with E-state index in [2.05, 4.69) is 5.32 Å². The average Bonchev–Trinajstić information content (AvgIpc) is 2.93. The van der Waals surface area contributed by atoms with Crippen LogP contribution in [0.3, 0.4) is 0 Å². The van der Waals surface area contributed by atoms with E-state index in [0.717, 1.165) is 11.3 Å². The lowest BCUT2D eigenvalue weighted by atomic mass is 10.2. The zero-order valence-electron chi connectivity index (χ0n) is 12.1. The fourth-order valence-corrected chi connectivity index (χ4v) is 1.95. The molecule has 0 atom stereocenters. The van der Waals surface area contributed by atoms with Gasteiger partial charge in [-0.15, -0.1) is 0 Å². The molecule has 5 nitrogen and oxygen atoms in total. The number of rotatable bonds is 5. The third-order valence-electron chi connectivity index (χ3n) is 3.13. The summed E-state index contributed by atoms with van der Waals surface area (Å²) in [6.45, 7) is 3.62. The molecular formula is C16H18N2O3. The molecule has 0 saturated carbocycles. The van der Waals surface area contributed by atoms with Gasteiger partial charge in [0.05, 0.1) is 12.8 Å². The molecule has 1 aromatic carbocycles. The molecule has 0 bridgehead atoms. The standard InChI is InChI=1S/C16H18N2O3/c1-12-6-3-4-8-15(12)17-16(20)11-18(13(2)19)10-14-7-5-9-21-14/h3-9H,10-11H2,1-2H3,(H,17,20). The van der Waals surface area contributed by atoms with Gasteiger partial charge in [0.15, 0.2) is 0 Å². The summed E-state index contributed by atoms with van der Waals surface area (Å²) in [4.78, 5) is 25.1. The van der Waals surface area contributed by atoms with E-state index in [1.165, 1.54) is 11.8 Å². The summed E-state index contributed by atoms with van der Waals surface area (Å²) in [6.07, 6.45) is 1.54. The molecule has 110 valence electrons. The SMILES string of the molecule is CC(=O)N(CC(=O)Nc1ccccc1C)Cc1ccco1. The molecule has 0 aliphatic heterocycles. The van der Waals surface area contributed by atoms with E-state index >= 15 is 0 Å². The minimum absolute atomic E-state index is 0.00956. The molecule has 1 heterocycles. The van der Waals surface area contributed by atoms with Crippen LogP contribution in [0.5, 0.6) is 0 Å². The van der Waals surface area contributed by atoms with Gasteiger partial charge in [0.1, 0.15) is 12.3 Å². The second-order valence-corrected chi connectivity index (χ2v) is 4.82. The normalized spacial score (nSPS) is 10.2. The Balaban J connectivity index is 1.98. The first-order valence-electron chi connectivity index (χ1n) is 6.69. The van der Waals surface area contributed by atoms with Crippen molar-refractivity contribution in [3.05, 3.63) is 54.0 Å². The van der Waals surface area contributed by atoms with Crippen LogP contribution in [0.4, 0.5) is 5.69 Å². The molecule has 0 spiro atoms. The Morgan fingerprint density at radius 2 is 1.95 bits per heavy atom. The Bertz CT molecular complexity index is 620. The van der Waals surface area contributed by atoms with Gasteiger partial charge in [-0.1, -0.05) is 18.2 Å². The van der Waals surface area contributed by atoms with Crippen LogP contribution in [0, 0.1) is 6.92 Å². The molecule has 2 rings (SSSR count). The topological polar surface area (TPSA) is 62.6 Å². The number of hydrogen-bond donors (Lipinski definition) is 1. The monoisotopic (exact) mass is 286 g/mol. The molecule has 1 aromatic heterocycles. The minimum Gasteiger partial charge on any atom is -0.467 e. The van der Waals surface area contributed by atoms with Crippen LogP contribution in [-0.2, 0) is 16.1 Å². The Morgan fingerprint density at radius 3 is 2.57 bits per heavy atom. The molecule has 2 aromatic rings. The van der Waals surface area contributed by atoms with Crippen LogP contribution in [0.25, 0.3) is 0 Å². The fourth-order valence-electron chi connectivity index (χ4n) is 1.95. The molecule has 2 amide bonds. The molecule has 0 saturated heterocycles. The van der Waals surface area contributed by atoms with Crippen LogP contribution in [0.2, 0.25) is 0 Å². The average molecular weight is 286 g/mol. The third-order valence-corrected chi connectivity index (χ3v) is 3.13. The fraction of sp³-hybridized carbons (Fsp3) is 0.250. The number of nitrogens with zero attached hydrogens (tertiary/aromatic N) is 1. The third kappa shape index (κ3) is 4.21. The predicted octanol–water partition coefficient (Wildman–Crippen LogP) is 2.58. The largest absolute Gasteiger partial charge is 0.467 e. The second kappa shape index (κ2) is 6.74. The number of aryl methyl sites for hydroxylation is 1. The Hall–Kier alpha value is -2.56. The Morgan fingerprint density at radius 1 is 1.19 bits per heavy atom. The molecule has 0 unspecified atom stereocenters. The van der Waals surface area contributed by atoms with Crippen LogP contribution < -0.4 is 5.32 Å². The van der Waals surface area contributed by atoms with E-state index in [0.29, 0.717) is 5.76 Å². The van der Waals surface area contributed by atoms with Gasteiger partial charge in [-0.2, -0.15) is 0 Å². The van der Waals surface area contributed by atoms with Gasteiger partial charge in [0.25, 0.3) is 0 Å². The van der Waals surface area contributed by atoms with E-state index < -0.39 is 0 Å². The van der Waals surface area contributed by atoms with Crippen molar-refractivity contribution < 1.29 is 14.0 Å². The van der Waals surface area contributed by atoms with Crippen molar-refractivity contribution in [2.24, 2.45) is 0 Å². The summed E-state index contributed by atoms with van der Waals surface area (Å²) in [5.74, 6) is 0.242. The number of furan rings is 1. The van der Waals surface area contributed by atoms with Crippen LogP contribution in [-0.4, -0.2) is 23.3 Å². The van der Waals surface area contributed by atoms with E-state index in [1.54, 1.807) is 18.4 Å². The van der Waals surface area contributed by atoms with Gasteiger partial charge in [-0.05, 0) is 30.7 Å². The highest BCUT2D eigenvalue weighted by molar-refractivity contribution is 5.94. The van der Waals surface area contributed by atoms with E-state index in [-0.39, 0.29) is 24.9 Å². The summed E-state index contributed by atoms with van der Waals surface area (Å²) < 4.78 is 5.21. The van der Waals surface area contributed by atoms with Gasteiger partial charge in [-0.25, -0.2) is 0 Å². The smallest absolute Gasteiger partial charge is 0.244 e. The number of para-hydroxylation sites is 1.